The van der Waals surface area contributed by atoms with Crippen LogP contribution in [0.15, 0.2) is 24.3 Å². The number of rotatable bonds is 8. The summed E-state index contributed by atoms with van der Waals surface area (Å²) in [5.41, 5.74) is 1.88. The van der Waals surface area contributed by atoms with E-state index in [-0.39, 0.29) is 24.9 Å². The Labute approximate surface area is 137 Å². The summed E-state index contributed by atoms with van der Waals surface area (Å²) in [5, 5.41) is 14.6. The predicted octanol–water partition coefficient (Wildman–Crippen LogP) is 3.01. The molecule has 5 nitrogen and oxygen atoms in total. The van der Waals surface area contributed by atoms with Gasteiger partial charge in [0.2, 0.25) is 5.91 Å². The lowest BCUT2D eigenvalue weighted by molar-refractivity contribution is -0.139. The van der Waals surface area contributed by atoms with Crippen molar-refractivity contribution in [2.75, 3.05) is 11.9 Å². The summed E-state index contributed by atoms with van der Waals surface area (Å²) in [6.07, 6.45) is 1.26. The molecular weight excluding hydrogens is 304 g/mol. The summed E-state index contributed by atoms with van der Waals surface area (Å²) in [7, 11) is 0. The Kier molecular flexibility index (Phi) is 9.45. The van der Waals surface area contributed by atoms with Gasteiger partial charge < -0.3 is 10.4 Å². The number of carbonyl (C=O) groups is 2. The molecule has 0 aliphatic carbocycles. The fourth-order valence-electron chi connectivity index (χ4n) is 2.00. The molecule has 1 rings (SSSR count). The maximum Gasteiger partial charge on any atom is 0.320 e. The third-order valence-electron chi connectivity index (χ3n) is 3.22. The number of carboxylic acid groups (broad SMARTS) is 1. The van der Waals surface area contributed by atoms with E-state index in [1.807, 2.05) is 31.2 Å². The molecule has 0 aliphatic rings. The molecule has 0 radical (unpaired) electrons. The van der Waals surface area contributed by atoms with E-state index in [2.05, 4.69) is 24.5 Å². The minimum absolute atomic E-state index is 0. The van der Waals surface area contributed by atoms with Crippen LogP contribution in [-0.4, -0.2) is 29.6 Å². The van der Waals surface area contributed by atoms with Crippen LogP contribution in [0.1, 0.15) is 45.1 Å². The largest absolute Gasteiger partial charge is 0.480 e. The number of anilines is 1. The van der Waals surface area contributed by atoms with Crippen molar-refractivity contribution in [3.05, 3.63) is 29.8 Å². The van der Waals surface area contributed by atoms with Gasteiger partial charge in [0.25, 0.3) is 0 Å². The molecule has 3 N–H and O–H groups in total. The number of carboxylic acids is 1. The number of nitrogens with one attached hydrogen (secondary N) is 2. The van der Waals surface area contributed by atoms with Gasteiger partial charge in [-0.15, -0.1) is 12.4 Å². The lowest BCUT2D eigenvalue weighted by Crippen LogP contribution is -2.41. The molecule has 0 bridgehead atoms. The van der Waals surface area contributed by atoms with Gasteiger partial charge in [-0.1, -0.05) is 39.3 Å². The van der Waals surface area contributed by atoms with E-state index in [1.165, 1.54) is 0 Å². The Bertz CT molecular complexity index is 492. The Morgan fingerprint density at radius 2 is 1.95 bits per heavy atom. The Balaban J connectivity index is 0.00000441. The molecule has 22 heavy (non-hydrogen) atoms. The molecule has 0 aliphatic heterocycles. The van der Waals surface area contributed by atoms with E-state index in [4.69, 9.17) is 5.11 Å². The van der Waals surface area contributed by atoms with Crippen molar-refractivity contribution in [1.82, 2.24) is 5.32 Å². The number of hydrogen-bond donors (Lipinski definition) is 3. The second-order valence-electron chi connectivity index (χ2n) is 5.39. The minimum atomic E-state index is -0.925. The lowest BCUT2D eigenvalue weighted by atomic mass is 10.0. The first-order chi connectivity index (χ1) is 9.93. The molecular formula is C16H25ClN2O3. The molecule has 0 heterocycles. The van der Waals surface area contributed by atoms with E-state index >= 15 is 0 Å². The van der Waals surface area contributed by atoms with Crippen molar-refractivity contribution in [2.45, 2.75) is 45.6 Å². The number of amides is 1. The van der Waals surface area contributed by atoms with Crippen LogP contribution in [0.3, 0.4) is 0 Å². The highest BCUT2D eigenvalue weighted by molar-refractivity contribution is 5.92. The Hall–Kier alpha value is -1.59. The summed E-state index contributed by atoms with van der Waals surface area (Å²) in [6.45, 7) is 6.08. The van der Waals surface area contributed by atoms with E-state index in [0.717, 1.165) is 17.7 Å². The first-order valence-corrected chi connectivity index (χ1v) is 7.30. The van der Waals surface area contributed by atoms with Gasteiger partial charge in [-0.3, -0.25) is 14.9 Å². The summed E-state index contributed by atoms with van der Waals surface area (Å²) in [6, 6.07) is 6.99. The summed E-state index contributed by atoms with van der Waals surface area (Å²) >= 11 is 0. The van der Waals surface area contributed by atoms with Crippen molar-refractivity contribution in [2.24, 2.45) is 0 Å². The zero-order valence-corrected chi connectivity index (χ0v) is 14.1. The standard InChI is InChI=1S/C16H24N2O3.ClH/c1-4-6-14(16(20)21)17-10-15(19)18-13-8-5-7-12(9-13)11(2)3;/h5,7-9,11,14,17H,4,6,10H2,1-3H3,(H,18,19)(H,20,21);1H. The lowest BCUT2D eigenvalue weighted by Gasteiger charge is -2.14. The fraction of sp³-hybridized carbons (Fsp3) is 0.500. The van der Waals surface area contributed by atoms with Gasteiger partial charge in [-0.05, 0) is 30.0 Å². The molecule has 0 spiro atoms. The first-order valence-electron chi connectivity index (χ1n) is 7.30. The number of hydrogen-bond acceptors (Lipinski definition) is 3. The highest BCUT2D eigenvalue weighted by Crippen LogP contribution is 2.18. The van der Waals surface area contributed by atoms with Crippen molar-refractivity contribution in [1.29, 1.82) is 0 Å². The topological polar surface area (TPSA) is 78.4 Å². The van der Waals surface area contributed by atoms with Crippen LogP contribution in [0.4, 0.5) is 5.69 Å². The summed E-state index contributed by atoms with van der Waals surface area (Å²) < 4.78 is 0. The Morgan fingerprint density at radius 1 is 1.27 bits per heavy atom. The summed E-state index contributed by atoms with van der Waals surface area (Å²) in [5.74, 6) is -0.773. The normalized spacial score (nSPS) is 11.6. The van der Waals surface area contributed by atoms with E-state index < -0.39 is 12.0 Å². The van der Waals surface area contributed by atoms with Crippen LogP contribution in [0.5, 0.6) is 0 Å². The van der Waals surface area contributed by atoms with Gasteiger partial charge in [0, 0.05) is 5.69 Å². The van der Waals surface area contributed by atoms with Gasteiger partial charge >= 0.3 is 5.97 Å². The quantitative estimate of drug-likeness (QED) is 0.685. The van der Waals surface area contributed by atoms with Gasteiger partial charge in [0.05, 0.1) is 6.54 Å². The molecule has 124 valence electrons. The van der Waals surface area contributed by atoms with Crippen molar-refractivity contribution < 1.29 is 14.7 Å². The second-order valence-corrected chi connectivity index (χ2v) is 5.39. The SMILES string of the molecule is CCCC(NCC(=O)Nc1cccc(C(C)C)c1)C(=O)O.Cl. The molecule has 0 saturated carbocycles. The van der Waals surface area contributed by atoms with Gasteiger partial charge in [0.1, 0.15) is 6.04 Å². The predicted molar refractivity (Wildman–Crippen MR) is 90.7 cm³/mol. The van der Waals surface area contributed by atoms with Crippen LogP contribution in [0.2, 0.25) is 0 Å². The molecule has 1 atom stereocenters. The second kappa shape index (κ2) is 10.2. The van der Waals surface area contributed by atoms with Crippen molar-refractivity contribution >= 4 is 30.0 Å². The molecule has 1 unspecified atom stereocenters. The highest BCUT2D eigenvalue weighted by Gasteiger charge is 2.16. The number of aliphatic carboxylic acids is 1. The molecule has 0 saturated heterocycles. The number of carbonyl (C=O) groups excluding carboxylic acids is 1. The van der Waals surface area contributed by atoms with Crippen molar-refractivity contribution in [3.63, 3.8) is 0 Å². The van der Waals surface area contributed by atoms with E-state index in [1.54, 1.807) is 0 Å². The molecule has 0 fully saturated rings. The maximum atomic E-state index is 11.9. The number of benzene rings is 1. The molecule has 1 amide bonds. The van der Waals surface area contributed by atoms with Crippen LogP contribution in [-0.2, 0) is 9.59 Å². The minimum Gasteiger partial charge on any atom is -0.480 e. The van der Waals surface area contributed by atoms with Crippen LogP contribution in [0, 0.1) is 0 Å². The molecule has 1 aromatic rings. The zero-order chi connectivity index (χ0) is 15.8. The zero-order valence-electron chi connectivity index (χ0n) is 13.3. The highest BCUT2D eigenvalue weighted by atomic mass is 35.5. The average Bonchev–Trinajstić information content (AvgIpc) is 2.43. The van der Waals surface area contributed by atoms with Crippen LogP contribution < -0.4 is 10.6 Å². The van der Waals surface area contributed by atoms with E-state index in [9.17, 15) is 9.59 Å². The van der Waals surface area contributed by atoms with Gasteiger partial charge in [-0.25, -0.2) is 0 Å². The fourth-order valence-corrected chi connectivity index (χ4v) is 2.00. The van der Waals surface area contributed by atoms with Gasteiger partial charge in [-0.2, -0.15) is 0 Å². The summed E-state index contributed by atoms with van der Waals surface area (Å²) in [4.78, 5) is 22.8. The third kappa shape index (κ3) is 6.91. The Morgan fingerprint density at radius 3 is 2.50 bits per heavy atom. The van der Waals surface area contributed by atoms with Crippen molar-refractivity contribution in [3.8, 4) is 0 Å². The molecule has 6 heteroatoms. The van der Waals surface area contributed by atoms with Gasteiger partial charge in [0.15, 0.2) is 0 Å². The van der Waals surface area contributed by atoms with E-state index in [0.29, 0.717) is 12.3 Å². The molecule has 1 aromatic carbocycles. The monoisotopic (exact) mass is 328 g/mol. The number of halogens is 1. The van der Waals surface area contributed by atoms with Crippen LogP contribution in [0.25, 0.3) is 0 Å². The maximum absolute atomic E-state index is 11.9. The molecule has 0 aromatic heterocycles. The smallest absolute Gasteiger partial charge is 0.320 e. The third-order valence-corrected chi connectivity index (χ3v) is 3.22. The average molecular weight is 329 g/mol. The first kappa shape index (κ1) is 20.4. The van der Waals surface area contributed by atoms with Crippen LogP contribution >= 0.6 is 12.4 Å².